The van der Waals surface area contributed by atoms with Crippen molar-refractivity contribution >= 4 is 16.7 Å². The third-order valence-corrected chi connectivity index (χ3v) is 4.24. The van der Waals surface area contributed by atoms with E-state index in [2.05, 4.69) is 20.8 Å². The van der Waals surface area contributed by atoms with E-state index in [1.807, 2.05) is 43.3 Å². The monoisotopic (exact) mass is 363 g/mol. The Bertz CT molecular complexity index is 1170. The molecule has 0 saturated carbocycles. The number of aromatic nitrogens is 4. The van der Waals surface area contributed by atoms with Gasteiger partial charge in [0.1, 0.15) is 11.3 Å². The van der Waals surface area contributed by atoms with Crippen LogP contribution in [0.2, 0.25) is 0 Å². The first-order valence-corrected chi connectivity index (χ1v) is 8.34. The van der Waals surface area contributed by atoms with Gasteiger partial charge in [-0.15, -0.1) is 5.10 Å². The summed E-state index contributed by atoms with van der Waals surface area (Å²) >= 11 is 0. The molecule has 2 aromatic carbocycles. The zero-order valence-electron chi connectivity index (χ0n) is 14.8. The predicted molar refractivity (Wildman–Crippen MR) is 100 cm³/mol. The van der Waals surface area contributed by atoms with Gasteiger partial charge in [-0.3, -0.25) is 0 Å². The summed E-state index contributed by atoms with van der Waals surface area (Å²) in [6.07, 6.45) is 0. The number of benzene rings is 2. The molecule has 0 amide bonds. The second kappa shape index (κ2) is 6.91. The molecule has 1 N–H and O–H groups in total. The fourth-order valence-electron chi connectivity index (χ4n) is 2.90. The minimum atomic E-state index is -0.398. The van der Waals surface area contributed by atoms with Crippen molar-refractivity contribution in [2.45, 2.75) is 13.5 Å². The van der Waals surface area contributed by atoms with E-state index in [-0.39, 0.29) is 0 Å². The number of nitrogens with zero attached hydrogens (tertiary/aromatic N) is 4. The standard InChI is InChI=1S/C19H17N5O3/c1-12-21-22-23-24(12)15-5-3-4-14(9-15)20-11-13-8-19(25)27-18-10-16(26-2)6-7-17(13)18/h3-10,20H,11H2,1-2H3. The van der Waals surface area contributed by atoms with Gasteiger partial charge in [0.25, 0.3) is 0 Å². The minimum absolute atomic E-state index is 0.398. The molecule has 2 aromatic heterocycles. The third kappa shape index (κ3) is 3.37. The highest BCUT2D eigenvalue weighted by Gasteiger charge is 2.08. The maximum absolute atomic E-state index is 11.9. The van der Waals surface area contributed by atoms with Gasteiger partial charge < -0.3 is 14.5 Å². The number of methoxy groups -OCH3 is 1. The maximum atomic E-state index is 11.9. The van der Waals surface area contributed by atoms with Crippen LogP contribution >= 0.6 is 0 Å². The van der Waals surface area contributed by atoms with E-state index < -0.39 is 5.63 Å². The second-order valence-corrected chi connectivity index (χ2v) is 5.99. The molecule has 8 heteroatoms. The number of hydrogen-bond donors (Lipinski definition) is 1. The van der Waals surface area contributed by atoms with Crippen molar-refractivity contribution in [3.63, 3.8) is 0 Å². The normalized spacial score (nSPS) is 10.9. The number of fused-ring (bicyclic) bond motifs is 1. The summed E-state index contributed by atoms with van der Waals surface area (Å²) in [4.78, 5) is 11.9. The Labute approximate surface area is 154 Å². The lowest BCUT2D eigenvalue weighted by Gasteiger charge is -2.10. The van der Waals surface area contributed by atoms with Crippen LogP contribution in [0.15, 0.2) is 57.7 Å². The van der Waals surface area contributed by atoms with E-state index in [1.54, 1.807) is 17.9 Å². The van der Waals surface area contributed by atoms with E-state index >= 15 is 0 Å². The van der Waals surface area contributed by atoms with E-state index in [4.69, 9.17) is 9.15 Å². The first kappa shape index (κ1) is 16.8. The van der Waals surface area contributed by atoms with Crippen LogP contribution < -0.4 is 15.7 Å². The molecule has 0 spiro atoms. The zero-order valence-corrected chi connectivity index (χ0v) is 14.8. The van der Waals surface area contributed by atoms with Crippen LogP contribution in [0.1, 0.15) is 11.4 Å². The summed E-state index contributed by atoms with van der Waals surface area (Å²) in [5, 5.41) is 15.7. The lowest BCUT2D eigenvalue weighted by atomic mass is 10.1. The van der Waals surface area contributed by atoms with E-state index in [0.29, 0.717) is 23.7 Å². The molecule has 0 atom stereocenters. The Morgan fingerprint density at radius 3 is 2.85 bits per heavy atom. The van der Waals surface area contributed by atoms with Crippen LogP contribution in [0, 0.1) is 6.92 Å². The van der Waals surface area contributed by atoms with Crippen LogP contribution in [0.3, 0.4) is 0 Å². The van der Waals surface area contributed by atoms with Crippen molar-refractivity contribution < 1.29 is 9.15 Å². The minimum Gasteiger partial charge on any atom is -0.497 e. The Hall–Kier alpha value is -3.68. The molecule has 4 rings (SSSR count). The topological polar surface area (TPSA) is 95.1 Å². The molecule has 0 fully saturated rings. The summed E-state index contributed by atoms with van der Waals surface area (Å²) in [5.74, 6) is 1.34. The van der Waals surface area contributed by atoms with Crippen molar-refractivity contribution in [1.82, 2.24) is 20.2 Å². The molecule has 136 valence electrons. The molecule has 0 saturated heterocycles. The summed E-state index contributed by atoms with van der Waals surface area (Å²) in [7, 11) is 1.57. The van der Waals surface area contributed by atoms with Crippen LogP contribution in [-0.2, 0) is 6.54 Å². The van der Waals surface area contributed by atoms with Gasteiger partial charge in [0, 0.05) is 29.8 Å². The fraction of sp³-hybridized carbons (Fsp3) is 0.158. The molecule has 0 aliphatic heterocycles. The summed E-state index contributed by atoms with van der Waals surface area (Å²) in [6, 6.07) is 14.7. The van der Waals surface area contributed by atoms with Crippen molar-refractivity contribution in [1.29, 1.82) is 0 Å². The summed E-state index contributed by atoms with van der Waals surface area (Å²) < 4.78 is 12.1. The van der Waals surface area contributed by atoms with E-state index in [0.717, 1.165) is 22.3 Å². The van der Waals surface area contributed by atoms with Gasteiger partial charge in [-0.05, 0) is 53.2 Å². The summed E-state index contributed by atoms with van der Waals surface area (Å²) in [6.45, 7) is 2.30. The molecule has 0 bridgehead atoms. The molecular formula is C19H17N5O3. The Morgan fingerprint density at radius 2 is 2.07 bits per heavy atom. The van der Waals surface area contributed by atoms with Crippen molar-refractivity contribution in [2.75, 3.05) is 12.4 Å². The number of anilines is 1. The van der Waals surface area contributed by atoms with Gasteiger partial charge >= 0.3 is 5.63 Å². The second-order valence-electron chi connectivity index (χ2n) is 5.99. The number of hydrogen-bond acceptors (Lipinski definition) is 7. The highest BCUT2D eigenvalue weighted by Crippen LogP contribution is 2.23. The van der Waals surface area contributed by atoms with Crippen LogP contribution in [0.25, 0.3) is 16.7 Å². The largest absolute Gasteiger partial charge is 0.497 e. The van der Waals surface area contributed by atoms with Crippen molar-refractivity contribution in [3.05, 3.63) is 70.3 Å². The molecule has 2 heterocycles. The quantitative estimate of drug-likeness (QED) is 0.545. The number of nitrogens with one attached hydrogen (secondary N) is 1. The average molecular weight is 363 g/mol. The Kier molecular flexibility index (Phi) is 4.29. The van der Waals surface area contributed by atoms with Gasteiger partial charge in [0.2, 0.25) is 0 Å². The lowest BCUT2D eigenvalue weighted by molar-refractivity contribution is 0.414. The van der Waals surface area contributed by atoms with E-state index in [1.165, 1.54) is 6.07 Å². The molecule has 0 aliphatic carbocycles. The van der Waals surface area contributed by atoms with E-state index in [9.17, 15) is 4.79 Å². The first-order chi connectivity index (χ1) is 13.1. The molecule has 0 unspecified atom stereocenters. The number of rotatable bonds is 5. The zero-order chi connectivity index (χ0) is 18.8. The van der Waals surface area contributed by atoms with Crippen LogP contribution in [0.4, 0.5) is 5.69 Å². The van der Waals surface area contributed by atoms with Gasteiger partial charge in [-0.1, -0.05) is 6.07 Å². The number of aryl methyl sites for hydroxylation is 1. The number of ether oxygens (including phenoxy) is 1. The molecule has 0 aliphatic rings. The van der Waals surface area contributed by atoms with Gasteiger partial charge in [0.15, 0.2) is 5.82 Å². The highest BCUT2D eigenvalue weighted by atomic mass is 16.5. The predicted octanol–water partition coefficient (Wildman–Crippen LogP) is 2.70. The molecule has 0 radical (unpaired) electrons. The fourth-order valence-corrected chi connectivity index (χ4v) is 2.90. The van der Waals surface area contributed by atoms with Gasteiger partial charge in [-0.25, -0.2) is 4.79 Å². The molecular weight excluding hydrogens is 346 g/mol. The Morgan fingerprint density at radius 1 is 1.19 bits per heavy atom. The molecule has 8 nitrogen and oxygen atoms in total. The first-order valence-electron chi connectivity index (χ1n) is 8.34. The maximum Gasteiger partial charge on any atom is 0.336 e. The highest BCUT2D eigenvalue weighted by molar-refractivity contribution is 5.81. The van der Waals surface area contributed by atoms with Gasteiger partial charge in [-0.2, -0.15) is 4.68 Å². The average Bonchev–Trinajstić information content (AvgIpc) is 3.11. The van der Waals surface area contributed by atoms with Crippen molar-refractivity contribution in [3.8, 4) is 11.4 Å². The lowest BCUT2D eigenvalue weighted by Crippen LogP contribution is -2.06. The smallest absolute Gasteiger partial charge is 0.336 e. The van der Waals surface area contributed by atoms with Crippen LogP contribution in [-0.4, -0.2) is 27.3 Å². The van der Waals surface area contributed by atoms with Gasteiger partial charge in [0.05, 0.1) is 12.8 Å². The molecule has 4 aromatic rings. The summed E-state index contributed by atoms with van der Waals surface area (Å²) in [5.41, 5.74) is 2.68. The SMILES string of the molecule is COc1ccc2c(CNc3cccc(-n4nnnc4C)c3)cc(=O)oc2c1. The number of tetrazole rings is 1. The van der Waals surface area contributed by atoms with Crippen molar-refractivity contribution in [2.24, 2.45) is 0 Å². The van der Waals surface area contributed by atoms with Crippen LogP contribution in [0.5, 0.6) is 5.75 Å². The third-order valence-electron chi connectivity index (χ3n) is 4.24. The molecule has 27 heavy (non-hydrogen) atoms. The Balaban J connectivity index is 1.62.